The lowest BCUT2D eigenvalue weighted by Gasteiger charge is -2.26. The number of nitrogens with zero attached hydrogens (tertiary/aromatic N) is 1. The molecule has 156 valence electrons. The van der Waals surface area contributed by atoms with E-state index < -0.39 is 12.3 Å². The molecule has 2 unspecified atom stereocenters. The van der Waals surface area contributed by atoms with E-state index in [1.165, 1.54) is 0 Å². The van der Waals surface area contributed by atoms with Gasteiger partial charge in [0.05, 0.1) is 6.61 Å². The van der Waals surface area contributed by atoms with Gasteiger partial charge in [-0.05, 0) is 64.2 Å². The molecule has 0 bridgehead atoms. The highest BCUT2D eigenvalue weighted by Gasteiger charge is 2.25. The van der Waals surface area contributed by atoms with Crippen molar-refractivity contribution < 1.29 is 23.4 Å². The number of likely N-dealkylation sites (tertiary alicyclic amines) is 1. The van der Waals surface area contributed by atoms with Crippen molar-refractivity contribution >= 4 is 6.09 Å². The highest BCUT2D eigenvalue weighted by Crippen LogP contribution is 2.20. The quantitative estimate of drug-likeness (QED) is 0.633. The number of hydrogen-bond donors (Lipinski definition) is 0. The zero-order valence-electron chi connectivity index (χ0n) is 17.2. The van der Waals surface area contributed by atoms with Crippen LogP contribution in [-0.2, 0) is 14.2 Å². The van der Waals surface area contributed by atoms with Gasteiger partial charge in [0.25, 0.3) is 0 Å². The number of ether oxygens (including phenoxy) is 3. The molecule has 6 heteroatoms. The summed E-state index contributed by atoms with van der Waals surface area (Å²) in [5.41, 5.74) is -0.476. The van der Waals surface area contributed by atoms with Crippen LogP contribution in [0.25, 0.3) is 0 Å². The van der Waals surface area contributed by atoms with Crippen LogP contribution in [0.1, 0.15) is 46.5 Å². The largest absolute Gasteiger partial charge is 0.491 e. The van der Waals surface area contributed by atoms with Gasteiger partial charge in [-0.3, -0.25) is 0 Å². The summed E-state index contributed by atoms with van der Waals surface area (Å²) in [5.74, 6) is 7.14. The van der Waals surface area contributed by atoms with Gasteiger partial charge in [-0.25, -0.2) is 9.18 Å². The summed E-state index contributed by atoms with van der Waals surface area (Å²) < 4.78 is 29.1. The third kappa shape index (κ3) is 8.35. The van der Waals surface area contributed by atoms with E-state index in [-0.39, 0.29) is 18.8 Å². The monoisotopic (exact) mass is 393 g/mol. The van der Waals surface area contributed by atoms with Gasteiger partial charge in [-0.2, -0.15) is 0 Å². The predicted molar refractivity (Wildman–Crippen MR) is 106 cm³/mol. The molecular formula is C22H32FNO4. The highest BCUT2D eigenvalue weighted by atomic mass is 19.1. The molecule has 2 aliphatic rings. The Morgan fingerprint density at radius 3 is 2.89 bits per heavy atom. The fourth-order valence-corrected chi connectivity index (χ4v) is 3.05. The molecule has 28 heavy (non-hydrogen) atoms. The Kier molecular flexibility index (Phi) is 8.85. The van der Waals surface area contributed by atoms with E-state index in [0.717, 1.165) is 19.3 Å². The van der Waals surface area contributed by atoms with Gasteiger partial charge in [0.2, 0.25) is 0 Å². The van der Waals surface area contributed by atoms with Crippen molar-refractivity contribution in [3.05, 3.63) is 24.0 Å². The average Bonchev–Trinajstić information content (AvgIpc) is 2.85. The molecule has 0 saturated carbocycles. The van der Waals surface area contributed by atoms with Gasteiger partial charge < -0.3 is 19.1 Å². The zero-order valence-corrected chi connectivity index (χ0v) is 17.2. The fraction of sp³-hybridized carbons (Fsp3) is 0.682. The molecule has 5 nitrogen and oxygen atoms in total. The third-order valence-electron chi connectivity index (χ3n) is 4.44. The third-order valence-corrected chi connectivity index (χ3v) is 4.44. The van der Waals surface area contributed by atoms with Crippen LogP contribution < -0.4 is 0 Å². The van der Waals surface area contributed by atoms with Crippen molar-refractivity contribution in [1.82, 2.24) is 4.90 Å². The Labute approximate surface area is 167 Å². The van der Waals surface area contributed by atoms with Crippen LogP contribution in [0.4, 0.5) is 9.18 Å². The number of hydrogen-bond acceptors (Lipinski definition) is 4. The molecule has 1 fully saturated rings. The maximum absolute atomic E-state index is 12.3. The number of rotatable bonds is 6. The maximum atomic E-state index is 12.3. The van der Waals surface area contributed by atoms with Crippen LogP contribution in [0, 0.1) is 17.8 Å². The van der Waals surface area contributed by atoms with E-state index in [1.807, 2.05) is 32.9 Å². The topological polar surface area (TPSA) is 48.0 Å². The lowest BCUT2D eigenvalue weighted by Crippen LogP contribution is -2.37. The Hall–Kier alpha value is -2.00. The predicted octanol–water partition coefficient (Wildman–Crippen LogP) is 4.24. The highest BCUT2D eigenvalue weighted by molar-refractivity contribution is 5.68. The first-order valence-corrected chi connectivity index (χ1v) is 10.0. The number of amides is 1. The Bertz CT molecular complexity index is 627. The van der Waals surface area contributed by atoms with Crippen molar-refractivity contribution in [2.45, 2.75) is 58.2 Å². The van der Waals surface area contributed by atoms with Crippen LogP contribution in [-0.4, -0.2) is 55.7 Å². The normalized spacial score (nSPS) is 25.9. The first kappa shape index (κ1) is 22.3. The van der Waals surface area contributed by atoms with E-state index in [1.54, 1.807) is 11.0 Å². The smallest absolute Gasteiger partial charge is 0.410 e. The Morgan fingerprint density at radius 1 is 1.32 bits per heavy atom. The lowest BCUT2D eigenvalue weighted by atomic mass is 10.0. The first-order chi connectivity index (χ1) is 13.4. The fourth-order valence-electron chi connectivity index (χ4n) is 3.05. The van der Waals surface area contributed by atoms with E-state index in [2.05, 4.69) is 11.8 Å². The van der Waals surface area contributed by atoms with Gasteiger partial charge in [0.1, 0.15) is 30.7 Å². The molecule has 2 atom stereocenters. The molecule has 0 aromatic heterocycles. The van der Waals surface area contributed by atoms with Gasteiger partial charge in [-0.15, -0.1) is 0 Å². The Balaban J connectivity index is 1.80. The summed E-state index contributed by atoms with van der Waals surface area (Å²) in [6.45, 7) is 7.17. The van der Waals surface area contributed by atoms with E-state index in [4.69, 9.17) is 14.2 Å². The van der Waals surface area contributed by atoms with Crippen LogP contribution in [0.5, 0.6) is 0 Å². The average molecular weight is 393 g/mol. The maximum Gasteiger partial charge on any atom is 0.410 e. The molecular weight excluding hydrogens is 361 g/mol. The Morgan fingerprint density at radius 2 is 2.14 bits per heavy atom. The first-order valence-electron chi connectivity index (χ1n) is 10.0. The number of carbonyl (C=O) groups excluding carboxylic acids is 1. The molecule has 1 saturated heterocycles. The van der Waals surface area contributed by atoms with Crippen molar-refractivity contribution in [2.24, 2.45) is 5.92 Å². The SMILES string of the molecule is CC(C)(C)OC(=O)N1CCCC(COC2C#CC/C=C(OCCF)\C=C/2)CC1. The number of carbonyl (C=O) groups is 1. The van der Waals surface area contributed by atoms with E-state index in [0.29, 0.717) is 37.8 Å². The van der Waals surface area contributed by atoms with Gasteiger partial charge in [0.15, 0.2) is 0 Å². The minimum Gasteiger partial charge on any atom is -0.491 e. The van der Waals surface area contributed by atoms with Crippen molar-refractivity contribution in [3.63, 3.8) is 0 Å². The summed E-state index contributed by atoms with van der Waals surface area (Å²) in [7, 11) is 0. The summed E-state index contributed by atoms with van der Waals surface area (Å²) in [5, 5.41) is 0. The van der Waals surface area contributed by atoms with Gasteiger partial charge >= 0.3 is 6.09 Å². The van der Waals surface area contributed by atoms with Crippen LogP contribution in [0.2, 0.25) is 0 Å². The van der Waals surface area contributed by atoms with Crippen molar-refractivity contribution in [2.75, 3.05) is 33.0 Å². The van der Waals surface area contributed by atoms with Crippen LogP contribution >= 0.6 is 0 Å². The molecule has 1 heterocycles. The van der Waals surface area contributed by atoms with Crippen molar-refractivity contribution in [3.8, 4) is 11.8 Å². The molecule has 1 amide bonds. The molecule has 0 radical (unpaired) electrons. The lowest BCUT2D eigenvalue weighted by molar-refractivity contribution is 0.0249. The summed E-state index contributed by atoms with van der Waals surface area (Å²) in [4.78, 5) is 14.1. The molecule has 1 aliphatic heterocycles. The molecule has 0 aromatic rings. The molecule has 2 rings (SSSR count). The summed E-state index contributed by atoms with van der Waals surface area (Å²) >= 11 is 0. The zero-order chi connectivity index (χ0) is 20.4. The van der Waals surface area contributed by atoms with Crippen molar-refractivity contribution in [1.29, 1.82) is 0 Å². The van der Waals surface area contributed by atoms with Crippen LogP contribution in [0.3, 0.4) is 0 Å². The number of allylic oxidation sites excluding steroid dienone is 2. The van der Waals surface area contributed by atoms with Crippen LogP contribution in [0.15, 0.2) is 24.0 Å². The standard InChI is InChI=1S/C22H32FNO4/c1-22(2,3)28-21(25)24-14-6-7-18(12-15-24)17-27-20-9-5-4-8-19(10-11-20)26-16-13-23/h8,10-11,18,20H,4,6-7,12-17H2,1-3H3/b11-10-,19-8+. The second-order valence-corrected chi connectivity index (χ2v) is 8.05. The second kappa shape index (κ2) is 11.1. The van der Waals surface area contributed by atoms with E-state index >= 15 is 0 Å². The summed E-state index contributed by atoms with van der Waals surface area (Å²) in [6.07, 6.45) is 8.32. The molecule has 0 aromatic carbocycles. The van der Waals surface area contributed by atoms with E-state index in [9.17, 15) is 9.18 Å². The summed E-state index contributed by atoms with van der Waals surface area (Å²) in [6, 6.07) is 0. The molecule has 0 N–H and O–H groups in total. The second-order valence-electron chi connectivity index (χ2n) is 8.05. The van der Waals surface area contributed by atoms with Gasteiger partial charge in [-0.1, -0.05) is 11.8 Å². The number of alkyl halides is 1. The minimum atomic E-state index is -0.515. The number of halogens is 1. The minimum absolute atomic E-state index is 0.0470. The molecule has 1 aliphatic carbocycles. The van der Waals surface area contributed by atoms with Gasteiger partial charge in [0, 0.05) is 19.5 Å². The molecule has 0 spiro atoms.